The number of nitrogen functional groups attached to an aromatic ring is 2. The summed E-state index contributed by atoms with van der Waals surface area (Å²) in [5.41, 5.74) is 8.29. The molecule has 2 aliphatic rings. The predicted octanol–water partition coefficient (Wildman–Crippen LogP) is 1.10. The second-order valence-electron chi connectivity index (χ2n) is 14.0. The van der Waals surface area contributed by atoms with E-state index < -0.39 is 113 Å². The second kappa shape index (κ2) is 18.7. The molecule has 0 aliphatic carbocycles. The van der Waals surface area contributed by atoms with Crippen LogP contribution in [-0.2, 0) is 54.6 Å². The molecule has 0 bridgehead atoms. The number of amides is 1. The third-order valence-corrected chi connectivity index (χ3v) is 12.1. The molecule has 9 N–H and O–H groups in total. The number of halogens is 3. The minimum absolute atomic E-state index is 0.0463. The normalized spacial score (nSPS) is 24.4. The number of rotatable bonds is 17. The number of hydrogen-bond donors (Lipinski definition) is 7. The molecular formula is C34H40F3N9O14P2. The lowest BCUT2D eigenvalue weighted by molar-refractivity contribution is -0.160. The van der Waals surface area contributed by atoms with E-state index in [0.29, 0.717) is 0 Å². The molecule has 23 nitrogen and oxygen atoms in total. The van der Waals surface area contributed by atoms with E-state index in [4.69, 9.17) is 30.2 Å². The van der Waals surface area contributed by atoms with Crippen molar-refractivity contribution in [3.63, 3.8) is 0 Å². The number of fused-ring (bicyclic) bond motifs is 1. The van der Waals surface area contributed by atoms with Crippen molar-refractivity contribution in [1.29, 1.82) is 0 Å². The van der Waals surface area contributed by atoms with Crippen LogP contribution in [0.25, 0.3) is 11.2 Å². The highest BCUT2D eigenvalue weighted by Gasteiger charge is 2.52. The van der Waals surface area contributed by atoms with Gasteiger partial charge in [0.05, 0.1) is 36.9 Å². The largest absolute Gasteiger partial charge is 0.469 e. The van der Waals surface area contributed by atoms with E-state index in [1.165, 1.54) is 29.2 Å². The molecule has 1 aromatic carbocycles. The number of carbonyl (C=O) groups excluding carboxylic acids is 2. The van der Waals surface area contributed by atoms with Crippen molar-refractivity contribution in [3.8, 4) is 0 Å². The summed E-state index contributed by atoms with van der Waals surface area (Å²) in [5, 5.41) is 14.2. The maximum Gasteiger partial charge on any atom is 0.469 e. The predicted molar refractivity (Wildman–Crippen MR) is 205 cm³/mol. The molecule has 0 radical (unpaired) electrons. The Kier molecular flexibility index (Phi) is 14.0. The zero-order valence-electron chi connectivity index (χ0n) is 32.0. The molecule has 62 heavy (non-hydrogen) atoms. The number of anilines is 2. The first kappa shape index (κ1) is 46.4. The first-order chi connectivity index (χ1) is 29.1. The smallest absolute Gasteiger partial charge is 0.455 e. The van der Waals surface area contributed by atoms with Crippen molar-refractivity contribution >= 4 is 50.1 Å². The van der Waals surface area contributed by atoms with Crippen molar-refractivity contribution in [1.82, 2.24) is 34.4 Å². The summed E-state index contributed by atoms with van der Waals surface area (Å²) in [4.78, 5) is 85.2. The van der Waals surface area contributed by atoms with Gasteiger partial charge in [-0.15, -0.1) is 6.58 Å². The summed E-state index contributed by atoms with van der Waals surface area (Å²) >= 11 is 0. The number of aliphatic hydroxyl groups is 1. The van der Waals surface area contributed by atoms with Crippen LogP contribution < -0.4 is 22.5 Å². The number of aromatic nitrogens is 6. The lowest BCUT2D eigenvalue weighted by atomic mass is 10.0. The number of alkyl halides is 3. The van der Waals surface area contributed by atoms with Gasteiger partial charge in [-0.2, -0.15) is 18.2 Å². The molecule has 2 saturated heterocycles. The first-order valence-corrected chi connectivity index (χ1v) is 21.5. The standard InChI is InChI=1S/C34H40F3N9O14P2/c1-2-3-4-24(47)43-19(11-17-5-7-18(8-6-17)34(35,36)37)32(49)60-28-21(59-31(27(28)48)46-16-42-26-29(39)40-15-41-30(26)46)14-56-61(51,52)22-12-25(45-10-9-23(38)44-33(45)50)58-20(22)13-57-62(53,54)55/h2,5-10,15-16,19-22,25,27-28,31,48H,1,3-4,11-14H2,(H,43,47)(H,51,52)(H2,38,44,50)(H2,39,40,41)(H2,53,54,55)/t19?,20-,21-,22+,25-,27-,28-,31-/m1/s1. The Labute approximate surface area is 347 Å². The Balaban J connectivity index is 1.28. The lowest BCUT2D eigenvalue weighted by Gasteiger charge is -2.27. The topological polar surface area (TPSA) is 338 Å². The Morgan fingerprint density at radius 1 is 1.03 bits per heavy atom. The number of hydrogen-bond acceptors (Lipinski definition) is 17. The molecule has 1 amide bonds. The van der Waals surface area contributed by atoms with E-state index in [9.17, 15) is 56.5 Å². The Hall–Kier alpha value is -5.14. The fraction of sp³-hybridized carbons (Fsp3) is 0.441. The number of benzene rings is 1. The number of phosphoric acid groups is 1. The summed E-state index contributed by atoms with van der Waals surface area (Å²) in [6, 6.07) is 3.45. The average molecular weight is 918 g/mol. The number of esters is 1. The molecule has 0 saturated carbocycles. The Morgan fingerprint density at radius 3 is 2.40 bits per heavy atom. The molecule has 2 fully saturated rings. The number of carbonyl (C=O) groups is 2. The summed E-state index contributed by atoms with van der Waals surface area (Å²) in [5.74, 6) is -2.05. The number of ether oxygens (including phenoxy) is 3. The highest BCUT2D eigenvalue weighted by atomic mass is 31.2. The van der Waals surface area contributed by atoms with Gasteiger partial charge < -0.3 is 55.3 Å². The quantitative estimate of drug-likeness (QED) is 0.0443. The van der Waals surface area contributed by atoms with E-state index in [1.807, 2.05) is 0 Å². The van der Waals surface area contributed by atoms with Gasteiger partial charge in [-0.05, 0) is 30.2 Å². The van der Waals surface area contributed by atoms with E-state index in [1.54, 1.807) is 0 Å². The fourth-order valence-corrected chi connectivity index (χ4v) is 8.65. The van der Waals surface area contributed by atoms with Crippen LogP contribution in [0.3, 0.4) is 0 Å². The van der Waals surface area contributed by atoms with Crippen molar-refractivity contribution in [2.45, 2.75) is 80.4 Å². The summed E-state index contributed by atoms with van der Waals surface area (Å²) in [6.07, 6.45) is -10.2. The third kappa shape index (κ3) is 10.9. The number of phosphoric ester groups is 1. The molecule has 6 rings (SSSR count). The van der Waals surface area contributed by atoms with Crippen LogP contribution in [0.1, 0.15) is 42.8 Å². The molecular weight excluding hydrogens is 877 g/mol. The van der Waals surface area contributed by atoms with Crippen LogP contribution >= 0.6 is 15.4 Å². The van der Waals surface area contributed by atoms with Gasteiger partial charge in [0.1, 0.15) is 42.1 Å². The minimum Gasteiger partial charge on any atom is -0.455 e. The van der Waals surface area contributed by atoms with Crippen molar-refractivity contribution in [3.05, 3.63) is 83.4 Å². The SMILES string of the molecule is C=CCCC(=O)NC(Cc1ccc(C(F)(F)F)cc1)C(=O)O[C@H]1[C@@H](O)[C@H](n2cnc3c(N)ncnc32)O[C@@H]1COP(=O)(O)[C@H]1C[C@H](n2ccc(N)nc2=O)O[C@@H]1COP(=O)(O)O. The second-order valence-corrected chi connectivity index (χ2v) is 17.3. The van der Waals surface area contributed by atoms with Gasteiger partial charge in [-0.3, -0.25) is 23.0 Å². The van der Waals surface area contributed by atoms with E-state index >= 15 is 0 Å². The van der Waals surface area contributed by atoms with E-state index in [-0.39, 0.29) is 47.6 Å². The molecule has 336 valence electrons. The number of nitrogens with zero attached hydrogens (tertiary/aromatic N) is 6. The first-order valence-electron chi connectivity index (χ1n) is 18.4. The van der Waals surface area contributed by atoms with Crippen LogP contribution in [0, 0.1) is 0 Å². The summed E-state index contributed by atoms with van der Waals surface area (Å²) in [7, 11) is -10.2. The number of imidazole rings is 1. The Bertz CT molecular complexity index is 2440. The number of aliphatic hydroxyl groups excluding tert-OH is 1. The molecule has 2 unspecified atom stereocenters. The van der Waals surface area contributed by atoms with Crippen molar-refractivity contribution in [2.24, 2.45) is 0 Å². The van der Waals surface area contributed by atoms with Crippen molar-refractivity contribution < 1.29 is 74.9 Å². The number of allylic oxidation sites excluding steroid dienone is 1. The monoisotopic (exact) mass is 917 g/mol. The highest BCUT2D eigenvalue weighted by molar-refractivity contribution is 7.53. The summed E-state index contributed by atoms with van der Waals surface area (Å²) < 4.78 is 95.2. The van der Waals surface area contributed by atoms with Crippen LogP contribution in [0.15, 0.2) is 66.6 Å². The molecule has 28 heteroatoms. The molecule has 2 aliphatic heterocycles. The van der Waals surface area contributed by atoms with Gasteiger partial charge in [0, 0.05) is 25.5 Å². The zero-order chi connectivity index (χ0) is 45.1. The Morgan fingerprint density at radius 2 is 1.74 bits per heavy atom. The zero-order valence-corrected chi connectivity index (χ0v) is 33.8. The molecule has 9 atom stereocenters. The summed E-state index contributed by atoms with van der Waals surface area (Å²) in [6.45, 7) is 1.66. The van der Waals surface area contributed by atoms with Gasteiger partial charge in [-0.1, -0.05) is 18.2 Å². The molecule has 4 aromatic rings. The van der Waals surface area contributed by atoms with Gasteiger partial charge in [0.25, 0.3) is 0 Å². The van der Waals surface area contributed by atoms with Gasteiger partial charge >= 0.3 is 33.3 Å². The minimum atomic E-state index is -5.16. The van der Waals surface area contributed by atoms with Gasteiger partial charge in [0.15, 0.2) is 23.8 Å². The average Bonchev–Trinajstić information content (AvgIpc) is 3.91. The highest BCUT2D eigenvalue weighted by Crippen LogP contribution is 2.56. The molecule has 5 heterocycles. The van der Waals surface area contributed by atoms with E-state index in [0.717, 1.165) is 35.2 Å². The van der Waals surface area contributed by atoms with E-state index in [2.05, 4.69) is 36.4 Å². The maximum absolute atomic E-state index is 14.0. The number of nitrogens with one attached hydrogen (secondary N) is 1. The van der Waals surface area contributed by atoms with Gasteiger partial charge in [-0.25, -0.2) is 29.1 Å². The lowest BCUT2D eigenvalue weighted by Crippen LogP contribution is -2.47. The van der Waals surface area contributed by atoms with Gasteiger partial charge in [0.2, 0.25) is 5.91 Å². The van der Waals surface area contributed by atoms with Crippen molar-refractivity contribution in [2.75, 3.05) is 24.7 Å². The maximum atomic E-state index is 14.0. The van der Waals surface area contributed by atoms with Crippen LogP contribution in [0.2, 0.25) is 0 Å². The van der Waals surface area contributed by atoms with Crippen LogP contribution in [0.4, 0.5) is 24.8 Å². The third-order valence-electron chi connectivity index (χ3n) is 9.76. The fourth-order valence-electron chi connectivity index (χ4n) is 6.73. The number of nitrogens with two attached hydrogens (primary N) is 2. The molecule has 3 aromatic heterocycles. The molecule has 0 spiro atoms. The van der Waals surface area contributed by atoms with Crippen LogP contribution in [-0.4, -0.2) is 110 Å². The van der Waals surface area contributed by atoms with Crippen LogP contribution in [0.5, 0.6) is 0 Å².